The van der Waals surface area contributed by atoms with E-state index in [1.807, 2.05) is 26.6 Å². The molecule has 52 heavy (non-hydrogen) atoms. The van der Waals surface area contributed by atoms with Gasteiger partial charge in [-0.1, -0.05) is 46.3 Å². The van der Waals surface area contributed by atoms with Crippen molar-refractivity contribution in [2.45, 2.75) is 153 Å². The molecule has 17 heteroatoms. The molecule has 7 atom stereocenters. The Labute approximate surface area is 311 Å². The zero-order chi connectivity index (χ0) is 39.4. The van der Waals surface area contributed by atoms with Gasteiger partial charge < -0.3 is 54.2 Å². The predicted octanol–water partition coefficient (Wildman–Crippen LogP) is 0.0998. The number of nitrogens with one attached hydrogen (secondary N) is 4. The Morgan fingerprint density at radius 3 is 1.81 bits per heavy atom. The normalized spacial score (nSPS) is 18.0. The second kappa shape index (κ2) is 24.2. The van der Waals surface area contributed by atoms with Crippen LogP contribution in [0, 0.1) is 5.92 Å². The van der Waals surface area contributed by atoms with Gasteiger partial charge in [-0.15, -0.1) is 0 Å². The molecule has 1 saturated heterocycles. The zero-order valence-electron chi connectivity index (χ0n) is 32.2. The molecule has 0 spiro atoms. The van der Waals surface area contributed by atoms with Gasteiger partial charge in [-0.25, -0.2) is 0 Å². The number of unbranched alkanes of at least 4 members (excludes halogenated alkanes) is 3. The zero-order valence-corrected chi connectivity index (χ0v) is 33.2. The summed E-state index contributed by atoms with van der Waals surface area (Å²) in [7, 11) is -1.87. The molecule has 1 aliphatic rings. The Hall–Kier alpha value is -3.12. The molecular weight excluding hydrogens is 687 g/mol. The molecular formula is C35H69N9O7Si. The molecule has 0 aromatic rings. The number of carbonyl (C=O) groups is 6. The number of likely N-dealkylation sites (tertiary alicyclic amines) is 1. The summed E-state index contributed by atoms with van der Waals surface area (Å²) in [4.78, 5) is 81.5. The molecule has 1 heterocycles. The Balaban J connectivity index is 3.21. The molecule has 0 unspecified atom stereocenters. The van der Waals surface area contributed by atoms with Crippen LogP contribution in [0.3, 0.4) is 0 Å². The van der Waals surface area contributed by atoms with Crippen LogP contribution in [0.5, 0.6) is 0 Å². The van der Waals surface area contributed by atoms with Crippen molar-refractivity contribution < 1.29 is 33.9 Å². The van der Waals surface area contributed by atoms with Crippen LogP contribution in [0.4, 0.5) is 0 Å². The molecule has 0 aliphatic carbocycles. The van der Waals surface area contributed by atoms with Crippen molar-refractivity contribution in [2.75, 3.05) is 26.2 Å². The van der Waals surface area contributed by atoms with Gasteiger partial charge in [0.05, 0.1) is 6.04 Å². The van der Waals surface area contributed by atoms with Crippen molar-refractivity contribution in [3.63, 3.8) is 0 Å². The maximum absolute atomic E-state index is 13.9. The van der Waals surface area contributed by atoms with Crippen LogP contribution >= 0.6 is 0 Å². The molecule has 1 rings (SSSR count). The molecule has 1 aliphatic heterocycles. The van der Waals surface area contributed by atoms with Gasteiger partial charge in [-0.05, 0) is 95.8 Å². The first-order valence-electron chi connectivity index (χ1n) is 19.1. The molecule has 0 aromatic carbocycles. The average Bonchev–Trinajstić information content (AvgIpc) is 3.58. The molecule has 0 saturated carbocycles. The highest BCUT2D eigenvalue weighted by Crippen LogP contribution is 2.21. The Kier molecular flexibility index (Phi) is 21.9. The van der Waals surface area contributed by atoms with Crippen LogP contribution in [0.15, 0.2) is 0 Å². The number of hydrogen-bond donors (Lipinski definition) is 9. The predicted molar refractivity (Wildman–Crippen MR) is 204 cm³/mol. The molecule has 1 fully saturated rings. The summed E-state index contributed by atoms with van der Waals surface area (Å²) >= 11 is 0. The average molecular weight is 756 g/mol. The minimum absolute atomic E-state index is 0.234. The van der Waals surface area contributed by atoms with Gasteiger partial charge in [-0.3, -0.25) is 28.8 Å². The van der Waals surface area contributed by atoms with Crippen LogP contribution in [-0.2, 0) is 28.8 Å². The molecule has 300 valence electrons. The van der Waals surface area contributed by atoms with Crippen molar-refractivity contribution >= 4 is 43.6 Å². The number of nitrogens with two attached hydrogens (primary N) is 4. The lowest BCUT2D eigenvalue weighted by Crippen LogP contribution is -2.60. The number of amides is 5. The van der Waals surface area contributed by atoms with Gasteiger partial charge in [0.15, 0.2) is 0 Å². The van der Waals surface area contributed by atoms with Crippen molar-refractivity contribution in [2.24, 2.45) is 28.9 Å². The molecule has 13 N–H and O–H groups in total. The number of aliphatic carboxylic acids is 1. The summed E-state index contributed by atoms with van der Waals surface area (Å²) in [5.74, 6) is -4.04. The number of nitrogens with zero attached hydrogens (tertiary/aromatic N) is 1. The van der Waals surface area contributed by atoms with E-state index in [1.165, 1.54) is 4.90 Å². The second-order valence-corrected chi connectivity index (χ2v) is 20.8. The fourth-order valence-electron chi connectivity index (χ4n) is 6.23. The van der Waals surface area contributed by atoms with E-state index in [4.69, 9.17) is 22.9 Å². The summed E-state index contributed by atoms with van der Waals surface area (Å²) in [6.45, 7) is 11.3. The van der Waals surface area contributed by atoms with Crippen LogP contribution < -0.4 is 44.2 Å². The van der Waals surface area contributed by atoms with E-state index in [0.29, 0.717) is 96.4 Å². The lowest BCUT2D eigenvalue weighted by Gasteiger charge is -2.31. The highest BCUT2D eigenvalue weighted by Gasteiger charge is 2.40. The van der Waals surface area contributed by atoms with Crippen LogP contribution in [0.2, 0.25) is 25.7 Å². The monoisotopic (exact) mass is 756 g/mol. The first-order valence-corrected chi connectivity index (χ1v) is 22.8. The first kappa shape index (κ1) is 46.9. The number of carboxylic acid groups (broad SMARTS) is 1. The summed E-state index contributed by atoms with van der Waals surface area (Å²) in [5, 5.41) is 20.9. The third-order valence-electron chi connectivity index (χ3n) is 9.51. The number of rotatable bonds is 26. The topological polar surface area (TPSA) is 278 Å². The van der Waals surface area contributed by atoms with Gasteiger partial charge in [0.1, 0.15) is 30.2 Å². The second-order valence-electron chi connectivity index (χ2n) is 15.3. The van der Waals surface area contributed by atoms with Crippen LogP contribution in [0.25, 0.3) is 0 Å². The maximum Gasteiger partial charge on any atom is 0.325 e. The largest absolute Gasteiger partial charge is 0.480 e. The molecule has 0 bridgehead atoms. The fourth-order valence-corrected chi connectivity index (χ4v) is 7.73. The lowest BCUT2D eigenvalue weighted by molar-refractivity contribution is -0.143. The van der Waals surface area contributed by atoms with Gasteiger partial charge in [-0.2, -0.15) is 0 Å². The summed E-state index contributed by atoms with van der Waals surface area (Å²) in [6.07, 6.45) is 6.17. The maximum atomic E-state index is 13.9. The number of carboxylic acids is 1. The van der Waals surface area contributed by atoms with Gasteiger partial charge in [0.25, 0.3) is 0 Å². The van der Waals surface area contributed by atoms with E-state index >= 15 is 0 Å². The quantitative estimate of drug-likeness (QED) is 0.0422. The van der Waals surface area contributed by atoms with E-state index in [9.17, 15) is 33.9 Å². The number of carbonyl (C=O) groups excluding carboxylic acids is 5. The van der Waals surface area contributed by atoms with Gasteiger partial charge >= 0.3 is 5.97 Å². The summed E-state index contributed by atoms with van der Waals surface area (Å²) in [5.41, 5.74) is 23.1. The smallest absolute Gasteiger partial charge is 0.325 e. The van der Waals surface area contributed by atoms with E-state index in [0.717, 1.165) is 6.42 Å². The number of hydrogen-bond acceptors (Lipinski definition) is 10. The first-order chi connectivity index (χ1) is 24.5. The van der Waals surface area contributed by atoms with Crippen LogP contribution in [-0.4, -0.2) is 116 Å². The fraction of sp³-hybridized carbons (Fsp3) is 0.829. The lowest BCUT2D eigenvalue weighted by atomic mass is 9.97. The van der Waals surface area contributed by atoms with Crippen molar-refractivity contribution in [3.8, 4) is 0 Å². The Morgan fingerprint density at radius 2 is 1.29 bits per heavy atom. The Bertz CT molecular complexity index is 1160. The van der Waals surface area contributed by atoms with Crippen molar-refractivity contribution in [1.82, 2.24) is 26.2 Å². The van der Waals surface area contributed by atoms with Crippen molar-refractivity contribution in [3.05, 3.63) is 0 Å². The van der Waals surface area contributed by atoms with Crippen molar-refractivity contribution in [1.29, 1.82) is 0 Å². The molecule has 0 radical (unpaired) electrons. The third-order valence-corrected chi connectivity index (χ3v) is 11.1. The van der Waals surface area contributed by atoms with E-state index in [2.05, 4.69) is 21.3 Å². The SMILES string of the molecule is CC[C@H](C)[C@H](NC(=O)[C@H](CCCCN)NC(=O)[C@@H]1CCCN1C(=O)[C@H](CCCCN)NC(=O)[C@@H](N)CCCCN)C(=O)N[C@H](C[Si](C)(C)C)C(=O)O. The standard InChI is InChI=1S/C35H69N9O7Si/c1-6-23(2)29(33(48)42-27(35(50)51)22-52(3,4)5)43-31(46)25(15-8-11-19-37)40-32(47)28-17-13-21-44(28)34(49)26(16-9-12-20-38)41-30(45)24(39)14-7-10-18-36/h23-29H,6-22,36-39H2,1-5H3,(H,40,47)(H,41,45)(H,42,48)(H,43,46)(H,50,51)/t23-,24-,25-,26-,27+,28-,29-/m0/s1. The highest BCUT2D eigenvalue weighted by atomic mass is 28.3. The summed E-state index contributed by atoms with van der Waals surface area (Å²) < 4.78 is 0. The Morgan fingerprint density at radius 1 is 0.750 bits per heavy atom. The van der Waals surface area contributed by atoms with E-state index in [-0.39, 0.29) is 12.3 Å². The molecule has 5 amide bonds. The van der Waals surface area contributed by atoms with Gasteiger partial charge in [0, 0.05) is 14.6 Å². The van der Waals surface area contributed by atoms with Gasteiger partial charge in [0.2, 0.25) is 29.5 Å². The minimum Gasteiger partial charge on any atom is -0.480 e. The molecule has 0 aromatic heterocycles. The van der Waals surface area contributed by atoms with Crippen LogP contribution in [0.1, 0.15) is 90.9 Å². The summed E-state index contributed by atoms with van der Waals surface area (Å²) in [6, 6.07) is -5.44. The molecule has 16 nitrogen and oxygen atoms in total. The third kappa shape index (κ3) is 16.7. The van der Waals surface area contributed by atoms with E-state index in [1.54, 1.807) is 6.92 Å². The highest BCUT2D eigenvalue weighted by molar-refractivity contribution is 6.76. The van der Waals surface area contributed by atoms with E-state index < -0.39 is 79.8 Å². The minimum atomic E-state index is -1.87.